The molecule has 2 heterocycles. The van der Waals surface area contributed by atoms with E-state index in [9.17, 15) is 28.3 Å². The maximum absolute atomic E-state index is 14.0. The first-order valence-electron chi connectivity index (χ1n) is 12.8. The minimum absolute atomic E-state index is 0.0312. The Bertz CT molecular complexity index is 1480. The lowest BCUT2D eigenvalue weighted by Crippen LogP contribution is -2.63. The fourth-order valence-electron chi connectivity index (χ4n) is 5.32. The standard InChI is InChI=1S/C29H29F2N3O5/c1-17(2)33-16-29(11-21(12-29)39-15-18-6-4-3-5-7-18)34-14-22(25(35)26(36)24(34)28(33)38)27(37)32-13-19-8-9-20(30)10-23(19)31/h3-10,14,17,21,36H,11-13,15-16H2,1-2H3,(H,32,37). The first-order valence-corrected chi connectivity index (χ1v) is 12.8. The number of rotatable bonds is 7. The monoisotopic (exact) mass is 537 g/mol. The van der Waals surface area contributed by atoms with Gasteiger partial charge in [0.25, 0.3) is 11.8 Å². The molecule has 1 aliphatic carbocycles. The third-order valence-corrected chi connectivity index (χ3v) is 7.49. The van der Waals surface area contributed by atoms with Gasteiger partial charge in [-0.2, -0.15) is 0 Å². The van der Waals surface area contributed by atoms with Crippen LogP contribution in [0.25, 0.3) is 0 Å². The zero-order valence-electron chi connectivity index (χ0n) is 21.6. The van der Waals surface area contributed by atoms with Crippen LogP contribution >= 0.6 is 0 Å². The third kappa shape index (κ3) is 4.92. The molecule has 2 N–H and O–H groups in total. The summed E-state index contributed by atoms with van der Waals surface area (Å²) in [6.07, 6.45) is 2.19. The van der Waals surface area contributed by atoms with Gasteiger partial charge in [0.15, 0.2) is 11.4 Å². The molecule has 2 aliphatic rings. The number of hydrogen-bond acceptors (Lipinski definition) is 5. The van der Waals surface area contributed by atoms with Crippen LogP contribution < -0.4 is 10.7 Å². The van der Waals surface area contributed by atoms with Gasteiger partial charge < -0.3 is 24.6 Å². The Kier molecular flexibility index (Phi) is 6.98. The van der Waals surface area contributed by atoms with Crippen LogP contribution in [0.4, 0.5) is 8.78 Å². The van der Waals surface area contributed by atoms with Crippen molar-refractivity contribution in [3.63, 3.8) is 0 Å². The summed E-state index contributed by atoms with van der Waals surface area (Å²) in [5.74, 6) is -3.75. The van der Waals surface area contributed by atoms with Crippen LogP contribution in [-0.2, 0) is 23.4 Å². The van der Waals surface area contributed by atoms with Gasteiger partial charge in [0.2, 0.25) is 5.43 Å². The van der Waals surface area contributed by atoms with Crippen LogP contribution in [0.5, 0.6) is 5.75 Å². The molecular weight excluding hydrogens is 508 g/mol. The molecule has 5 rings (SSSR count). The molecule has 1 spiro atoms. The number of amides is 2. The molecule has 8 nitrogen and oxygen atoms in total. The lowest BCUT2D eigenvalue weighted by Gasteiger charge is -2.55. The number of hydrogen-bond donors (Lipinski definition) is 2. The number of nitrogens with zero attached hydrogens (tertiary/aromatic N) is 2. The second-order valence-electron chi connectivity index (χ2n) is 10.4. The number of nitrogens with one attached hydrogen (secondary N) is 1. The lowest BCUT2D eigenvalue weighted by atomic mass is 9.71. The van der Waals surface area contributed by atoms with E-state index in [4.69, 9.17) is 4.74 Å². The first kappa shape index (κ1) is 26.6. The highest BCUT2D eigenvalue weighted by Gasteiger charge is 2.53. The van der Waals surface area contributed by atoms with Crippen molar-refractivity contribution in [1.29, 1.82) is 0 Å². The predicted octanol–water partition coefficient (Wildman–Crippen LogP) is 3.70. The Hall–Kier alpha value is -4.05. The van der Waals surface area contributed by atoms with Crippen molar-refractivity contribution in [2.45, 2.75) is 57.5 Å². The first-order chi connectivity index (χ1) is 18.6. The zero-order valence-corrected chi connectivity index (χ0v) is 21.6. The second kappa shape index (κ2) is 10.3. The van der Waals surface area contributed by atoms with Gasteiger partial charge in [-0.3, -0.25) is 14.4 Å². The highest BCUT2D eigenvalue weighted by Crippen LogP contribution is 2.46. The molecule has 1 fully saturated rings. The number of aromatic hydroxyl groups is 1. The second-order valence-corrected chi connectivity index (χ2v) is 10.4. The molecule has 0 radical (unpaired) electrons. The van der Waals surface area contributed by atoms with E-state index in [1.54, 1.807) is 9.47 Å². The lowest BCUT2D eigenvalue weighted by molar-refractivity contribution is -0.0969. The summed E-state index contributed by atoms with van der Waals surface area (Å²) < 4.78 is 34.9. The normalized spacial score (nSPS) is 20.2. The molecule has 10 heteroatoms. The number of benzene rings is 2. The molecule has 39 heavy (non-hydrogen) atoms. The maximum atomic E-state index is 14.0. The molecule has 2 amide bonds. The van der Waals surface area contributed by atoms with Crippen molar-refractivity contribution < 1.29 is 28.2 Å². The summed E-state index contributed by atoms with van der Waals surface area (Å²) in [5.41, 5.74) is -1.16. The summed E-state index contributed by atoms with van der Waals surface area (Å²) >= 11 is 0. The average Bonchev–Trinajstić information content (AvgIpc) is 2.88. The summed E-state index contributed by atoms with van der Waals surface area (Å²) in [4.78, 5) is 40.9. The van der Waals surface area contributed by atoms with Crippen LogP contribution in [0.15, 0.2) is 59.5 Å². The maximum Gasteiger partial charge on any atom is 0.274 e. The Morgan fingerprint density at radius 1 is 1.15 bits per heavy atom. The van der Waals surface area contributed by atoms with Gasteiger partial charge in [0.1, 0.15) is 17.2 Å². The number of carbonyl (C=O) groups excluding carboxylic acids is 2. The molecule has 1 aromatic heterocycles. The van der Waals surface area contributed by atoms with Gasteiger partial charge in [-0.25, -0.2) is 8.78 Å². The van der Waals surface area contributed by atoms with Crippen molar-refractivity contribution in [2.75, 3.05) is 6.54 Å². The number of fused-ring (bicyclic) bond motifs is 2. The number of halogens is 2. The Morgan fingerprint density at radius 3 is 2.54 bits per heavy atom. The van der Waals surface area contributed by atoms with E-state index >= 15 is 0 Å². The van der Waals surface area contributed by atoms with E-state index in [-0.39, 0.29) is 35.5 Å². The summed E-state index contributed by atoms with van der Waals surface area (Å²) in [6.45, 7) is 4.16. The SMILES string of the molecule is CC(C)N1CC2(CC(OCc3ccccc3)C2)n2cc(C(=O)NCc3ccc(F)cc3F)c(=O)c(O)c2C1=O. The predicted molar refractivity (Wildman–Crippen MR) is 138 cm³/mol. The highest BCUT2D eigenvalue weighted by molar-refractivity contribution is 5.99. The quantitative estimate of drug-likeness (QED) is 0.479. The molecule has 3 aromatic rings. The van der Waals surface area contributed by atoms with Crippen LogP contribution in [-0.4, -0.2) is 45.1 Å². The molecule has 1 aliphatic heterocycles. The minimum atomic E-state index is -0.997. The van der Waals surface area contributed by atoms with Gasteiger partial charge in [-0.1, -0.05) is 36.4 Å². The molecule has 0 bridgehead atoms. The Morgan fingerprint density at radius 2 is 1.87 bits per heavy atom. The zero-order chi connectivity index (χ0) is 27.9. The molecule has 0 atom stereocenters. The molecule has 204 valence electrons. The van der Waals surface area contributed by atoms with Crippen molar-refractivity contribution in [2.24, 2.45) is 0 Å². The smallest absolute Gasteiger partial charge is 0.274 e. The Balaban J connectivity index is 1.43. The molecule has 0 unspecified atom stereocenters. The summed E-state index contributed by atoms with van der Waals surface area (Å²) in [7, 11) is 0. The van der Waals surface area contributed by atoms with Gasteiger partial charge in [0, 0.05) is 37.0 Å². The molecule has 0 saturated heterocycles. The highest BCUT2D eigenvalue weighted by atomic mass is 19.1. The largest absolute Gasteiger partial charge is 0.503 e. The molecule has 2 aromatic carbocycles. The minimum Gasteiger partial charge on any atom is -0.503 e. The Labute approximate surface area is 223 Å². The fourth-order valence-corrected chi connectivity index (χ4v) is 5.32. The van der Waals surface area contributed by atoms with Crippen molar-refractivity contribution in [1.82, 2.24) is 14.8 Å². The third-order valence-electron chi connectivity index (χ3n) is 7.49. The van der Waals surface area contributed by atoms with Crippen molar-refractivity contribution in [3.8, 4) is 5.75 Å². The van der Waals surface area contributed by atoms with E-state index in [1.807, 2.05) is 44.2 Å². The van der Waals surface area contributed by atoms with Crippen LogP contribution in [0.1, 0.15) is 58.7 Å². The van der Waals surface area contributed by atoms with Gasteiger partial charge in [0.05, 0.1) is 18.2 Å². The van der Waals surface area contributed by atoms with Crippen molar-refractivity contribution >= 4 is 11.8 Å². The van der Waals surface area contributed by atoms with E-state index in [0.717, 1.165) is 11.6 Å². The van der Waals surface area contributed by atoms with Crippen LogP contribution in [0.2, 0.25) is 0 Å². The fraction of sp³-hybridized carbons (Fsp3) is 0.345. The van der Waals surface area contributed by atoms with Crippen LogP contribution in [0.3, 0.4) is 0 Å². The average molecular weight is 538 g/mol. The van der Waals surface area contributed by atoms with Gasteiger partial charge >= 0.3 is 0 Å². The van der Waals surface area contributed by atoms with E-state index < -0.39 is 40.2 Å². The topological polar surface area (TPSA) is 101 Å². The van der Waals surface area contributed by atoms with E-state index in [2.05, 4.69) is 5.32 Å². The van der Waals surface area contributed by atoms with Crippen LogP contribution in [0, 0.1) is 11.6 Å². The number of aromatic nitrogens is 1. The van der Waals surface area contributed by atoms with Crippen molar-refractivity contribution in [3.05, 3.63) is 99.0 Å². The number of pyridine rings is 1. The summed E-state index contributed by atoms with van der Waals surface area (Å²) in [6, 6.07) is 12.5. The number of ether oxygens (including phenoxy) is 1. The molecule has 1 saturated carbocycles. The van der Waals surface area contributed by atoms with E-state index in [1.165, 1.54) is 12.3 Å². The number of carbonyl (C=O) groups is 2. The molecular formula is C29H29F2N3O5. The van der Waals surface area contributed by atoms with Gasteiger partial charge in [-0.05, 0) is 38.3 Å². The van der Waals surface area contributed by atoms with Gasteiger partial charge in [-0.15, -0.1) is 0 Å². The summed E-state index contributed by atoms with van der Waals surface area (Å²) in [5, 5.41) is 13.3. The van der Waals surface area contributed by atoms with E-state index in [0.29, 0.717) is 32.1 Å².